The molecule has 0 unspecified atom stereocenters. The number of aromatic nitrogens is 2. The largest absolute Gasteiger partial charge is 0.222 e. The molecule has 0 bridgehead atoms. The molecule has 0 fully saturated rings. The zero-order valence-electron chi connectivity index (χ0n) is 15.0. The van der Waals surface area contributed by atoms with Gasteiger partial charge in [0, 0.05) is 10.6 Å². The highest BCUT2D eigenvalue weighted by molar-refractivity contribution is 6.30. The number of rotatable bonds is 4. The summed E-state index contributed by atoms with van der Waals surface area (Å²) in [5.41, 5.74) is 4.81. The summed E-state index contributed by atoms with van der Waals surface area (Å²) in [5, 5.41) is 15.3. The minimum atomic E-state index is 0.487. The van der Waals surface area contributed by atoms with Crippen molar-refractivity contribution in [1.29, 1.82) is 5.26 Å². The van der Waals surface area contributed by atoms with E-state index in [9.17, 15) is 5.26 Å². The number of hydrogen-bond acceptors (Lipinski definition) is 2. The van der Waals surface area contributed by atoms with E-state index < -0.39 is 0 Å². The van der Waals surface area contributed by atoms with Crippen LogP contribution < -0.4 is 0 Å². The van der Waals surface area contributed by atoms with Crippen molar-refractivity contribution in [3.63, 3.8) is 0 Å². The molecule has 0 atom stereocenters. The Hall–Kier alpha value is -3.61. The number of benzene rings is 3. The van der Waals surface area contributed by atoms with Crippen LogP contribution in [0, 0.1) is 11.3 Å². The molecule has 0 aliphatic carbocycles. The lowest BCUT2D eigenvalue weighted by atomic mass is 10.0. The number of nitrogens with zero attached hydrogens (tertiary/aromatic N) is 3. The van der Waals surface area contributed by atoms with Crippen LogP contribution in [0.2, 0.25) is 5.02 Å². The van der Waals surface area contributed by atoms with Gasteiger partial charge in [-0.05, 0) is 41.5 Å². The van der Waals surface area contributed by atoms with Gasteiger partial charge < -0.3 is 0 Å². The van der Waals surface area contributed by atoms with Crippen molar-refractivity contribution in [2.24, 2.45) is 0 Å². The van der Waals surface area contributed by atoms with Crippen molar-refractivity contribution in [1.82, 2.24) is 9.78 Å². The van der Waals surface area contributed by atoms with Gasteiger partial charge in [0.2, 0.25) is 0 Å². The van der Waals surface area contributed by atoms with Crippen LogP contribution in [0.5, 0.6) is 0 Å². The smallest absolute Gasteiger partial charge is 0.152 e. The van der Waals surface area contributed by atoms with Gasteiger partial charge in [-0.3, -0.25) is 0 Å². The summed E-state index contributed by atoms with van der Waals surface area (Å²) in [4.78, 5) is 0. The lowest BCUT2D eigenvalue weighted by Crippen LogP contribution is -1.99. The first-order valence-electron chi connectivity index (χ1n) is 8.84. The van der Waals surface area contributed by atoms with E-state index in [4.69, 9.17) is 16.7 Å². The molecule has 1 aromatic heterocycles. The molecule has 0 saturated carbocycles. The van der Waals surface area contributed by atoms with Crippen molar-refractivity contribution < 1.29 is 0 Å². The fraction of sp³-hybridized carbons (Fsp3) is 0. The first kappa shape index (κ1) is 17.8. The van der Waals surface area contributed by atoms with Gasteiger partial charge in [-0.2, -0.15) is 10.4 Å². The summed E-state index contributed by atoms with van der Waals surface area (Å²) in [6.45, 7) is 0. The molecule has 134 valence electrons. The Morgan fingerprint density at radius 3 is 2.11 bits per heavy atom. The third-order valence-corrected chi connectivity index (χ3v) is 4.64. The van der Waals surface area contributed by atoms with Crippen molar-refractivity contribution >= 4 is 23.8 Å². The lowest BCUT2D eigenvalue weighted by Gasteiger charge is -2.03. The minimum absolute atomic E-state index is 0.487. The van der Waals surface area contributed by atoms with Crippen LogP contribution in [-0.4, -0.2) is 9.78 Å². The van der Waals surface area contributed by atoms with Crippen LogP contribution in [-0.2, 0) is 0 Å². The van der Waals surface area contributed by atoms with E-state index in [2.05, 4.69) is 6.07 Å². The van der Waals surface area contributed by atoms with Gasteiger partial charge in [0.05, 0.1) is 11.4 Å². The van der Waals surface area contributed by atoms with Crippen LogP contribution in [0.4, 0.5) is 0 Å². The predicted molar refractivity (Wildman–Crippen MR) is 114 cm³/mol. The Morgan fingerprint density at radius 2 is 1.46 bits per heavy atom. The van der Waals surface area contributed by atoms with E-state index >= 15 is 0 Å². The normalized spacial score (nSPS) is 10.9. The zero-order chi connectivity index (χ0) is 19.3. The van der Waals surface area contributed by atoms with Crippen LogP contribution >= 0.6 is 11.6 Å². The molecule has 4 aromatic rings. The van der Waals surface area contributed by atoms with Crippen molar-refractivity contribution in [2.75, 3.05) is 0 Å². The van der Waals surface area contributed by atoms with Crippen LogP contribution in [0.15, 0.2) is 84.9 Å². The van der Waals surface area contributed by atoms with Crippen LogP contribution in [0.1, 0.15) is 17.0 Å². The number of hydrogen-bond donors (Lipinski definition) is 0. The monoisotopic (exact) mass is 381 g/mol. The Balaban J connectivity index is 1.91. The highest BCUT2D eigenvalue weighted by Crippen LogP contribution is 2.31. The van der Waals surface area contributed by atoms with Gasteiger partial charge in [0.1, 0.15) is 6.07 Å². The molecule has 0 aliphatic rings. The van der Waals surface area contributed by atoms with Gasteiger partial charge in [0.15, 0.2) is 5.69 Å². The van der Waals surface area contributed by atoms with Crippen LogP contribution in [0.25, 0.3) is 29.0 Å². The van der Waals surface area contributed by atoms with Gasteiger partial charge >= 0.3 is 0 Å². The fourth-order valence-corrected chi connectivity index (χ4v) is 3.18. The summed E-state index contributed by atoms with van der Waals surface area (Å²) >= 11 is 6.06. The van der Waals surface area contributed by atoms with Crippen molar-refractivity contribution in [2.45, 2.75) is 0 Å². The minimum Gasteiger partial charge on any atom is -0.222 e. The molecule has 1 heterocycles. The Bertz CT molecular complexity index is 1150. The molecule has 3 nitrogen and oxygen atoms in total. The van der Waals surface area contributed by atoms with Gasteiger partial charge in [-0.1, -0.05) is 78.3 Å². The summed E-state index contributed by atoms with van der Waals surface area (Å²) in [5.74, 6) is 0. The Morgan fingerprint density at radius 1 is 0.821 bits per heavy atom. The average Bonchev–Trinajstić information content (AvgIpc) is 3.13. The first-order chi connectivity index (χ1) is 13.8. The summed E-state index contributed by atoms with van der Waals surface area (Å²) < 4.78 is 1.69. The van der Waals surface area contributed by atoms with Crippen LogP contribution in [0.3, 0.4) is 0 Å². The summed E-state index contributed by atoms with van der Waals surface area (Å²) in [6, 6.07) is 29.5. The molecule has 0 radical (unpaired) electrons. The topological polar surface area (TPSA) is 41.6 Å². The zero-order valence-corrected chi connectivity index (χ0v) is 15.7. The number of para-hydroxylation sites is 1. The second-order valence-corrected chi connectivity index (χ2v) is 6.66. The van der Waals surface area contributed by atoms with E-state index in [1.165, 1.54) is 0 Å². The Labute approximate surface area is 168 Å². The molecule has 0 amide bonds. The SMILES string of the molecule is N#Cc1c(-c2ccc(Cl)cc2)c(/C=C/c2ccccc2)nn1-c1ccccc1. The second-order valence-electron chi connectivity index (χ2n) is 6.22. The molecule has 0 saturated heterocycles. The summed E-state index contributed by atoms with van der Waals surface area (Å²) in [7, 11) is 0. The molecule has 28 heavy (non-hydrogen) atoms. The third-order valence-electron chi connectivity index (χ3n) is 4.39. The highest BCUT2D eigenvalue weighted by atomic mass is 35.5. The van der Waals surface area contributed by atoms with E-state index in [0.717, 1.165) is 28.1 Å². The summed E-state index contributed by atoms with van der Waals surface area (Å²) in [6.07, 6.45) is 3.94. The van der Waals surface area contributed by atoms with Crippen molar-refractivity contribution in [3.05, 3.63) is 107 Å². The number of halogens is 1. The molecule has 0 aliphatic heterocycles. The maximum absolute atomic E-state index is 9.91. The molecular weight excluding hydrogens is 366 g/mol. The molecule has 0 N–H and O–H groups in total. The van der Waals surface area contributed by atoms with Gasteiger partial charge in [-0.25, -0.2) is 4.68 Å². The second kappa shape index (κ2) is 7.96. The molecule has 3 aromatic carbocycles. The number of nitriles is 1. The lowest BCUT2D eigenvalue weighted by molar-refractivity contribution is 0.862. The average molecular weight is 382 g/mol. The van der Waals surface area contributed by atoms with Gasteiger partial charge in [0.25, 0.3) is 0 Å². The molecular formula is C24H16ClN3. The van der Waals surface area contributed by atoms with E-state index in [1.807, 2.05) is 97.1 Å². The van der Waals surface area contributed by atoms with E-state index in [1.54, 1.807) is 4.68 Å². The predicted octanol–water partition coefficient (Wildman–Crippen LogP) is 6.23. The molecule has 4 heteroatoms. The van der Waals surface area contributed by atoms with Crippen molar-refractivity contribution in [3.8, 4) is 22.9 Å². The molecule has 4 rings (SSSR count). The maximum atomic E-state index is 9.91. The highest BCUT2D eigenvalue weighted by Gasteiger charge is 2.19. The fourth-order valence-electron chi connectivity index (χ4n) is 3.05. The maximum Gasteiger partial charge on any atom is 0.152 e. The van der Waals surface area contributed by atoms with E-state index in [-0.39, 0.29) is 0 Å². The third kappa shape index (κ3) is 3.59. The first-order valence-corrected chi connectivity index (χ1v) is 9.21. The van der Waals surface area contributed by atoms with E-state index in [0.29, 0.717) is 10.7 Å². The quantitative estimate of drug-likeness (QED) is 0.420. The Kier molecular flexibility index (Phi) is 5.05. The molecule has 0 spiro atoms. The standard InChI is InChI=1S/C24H16ClN3/c25-20-14-12-19(13-15-20)24-22(16-11-18-7-3-1-4-8-18)27-28(23(24)17-26)21-9-5-2-6-10-21/h1-16H/b16-11+. The van der Waals surface area contributed by atoms with Gasteiger partial charge in [-0.15, -0.1) is 0 Å².